The van der Waals surface area contributed by atoms with Crippen molar-refractivity contribution in [3.8, 4) is 0 Å². The van der Waals surface area contributed by atoms with E-state index in [9.17, 15) is 0 Å². The molecule has 1 nitrogen and oxygen atoms in total. The highest BCUT2D eigenvalue weighted by Crippen LogP contribution is 2.04. The molecule has 0 spiro atoms. The summed E-state index contributed by atoms with van der Waals surface area (Å²) in [7, 11) is 0. The highest BCUT2D eigenvalue weighted by Gasteiger charge is 1.95. The lowest BCUT2D eigenvalue weighted by molar-refractivity contribution is 0.196. The lowest BCUT2D eigenvalue weighted by Crippen LogP contribution is -1.99. The van der Waals surface area contributed by atoms with Crippen molar-refractivity contribution in [3.63, 3.8) is 0 Å². The molecule has 0 radical (unpaired) electrons. The summed E-state index contributed by atoms with van der Waals surface area (Å²) < 4.78 is 0. The number of hydrogen-bond acceptors (Lipinski definition) is 1. The summed E-state index contributed by atoms with van der Waals surface area (Å²) in [5.41, 5.74) is 1.10. The van der Waals surface area contributed by atoms with Crippen LogP contribution in [0.3, 0.4) is 0 Å². The third-order valence-corrected chi connectivity index (χ3v) is 1.16. The highest BCUT2D eigenvalue weighted by molar-refractivity contribution is 5.15. The first-order valence-corrected chi connectivity index (χ1v) is 3.16. The molecule has 9 heavy (non-hydrogen) atoms. The molecular weight excluding hydrogens is 112 g/mol. The standard InChI is InChI=1S/C8H14O/c1-4-8(5-2)6-7(3)9/h4-5,7,9H,1,6H2,2-3H3. The molecule has 1 N–H and O–H groups in total. The van der Waals surface area contributed by atoms with E-state index in [-0.39, 0.29) is 6.10 Å². The van der Waals surface area contributed by atoms with Crippen LogP contribution in [0.25, 0.3) is 0 Å². The number of allylic oxidation sites excluding steroid dienone is 2. The Kier molecular flexibility index (Phi) is 4.06. The summed E-state index contributed by atoms with van der Waals surface area (Å²) in [5, 5.41) is 8.90. The van der Waals surface area contributed by atoms with E-state index in [4.69, 9.17) is 5.11 Å². The lowest BCUT2D eigenvalue weighted by Gasteiger charge is -2.02. The van der Waals surface area contributed by atoms with Crippen molar-refractivity contribution in [2.45, 2.75) is 26.4 Å². The first-order valence-electron chi connectivity index (χ1n) is 3.16. The van der Waals surface area contributed by atoms with Crippen molar-refractivity contribution >= 4 is 0 Å². The first kappa shape index (κ1) is 8.44. The summed E-state index contributed by atoms with van der Waals surface area (Å²) in [5.74, 6) is 0. The molecule has 0 amide bonds. The third-order valence-electron chi connectivity index (χ3n) is 1.16. The van der Waals surface area contributed by atoms with Crippen molar-refractivity contribution in [2.24, 2.45) is 0 Å². The molecule has 0 aliphatic rings. The number of hydrogen-bond donors (Lipinski definition) is 1. The van der Waals surface area contributed by atoms with Crippen LogP contribution in [0.4, 0.5) is 0 Å². The normalized spacial score (nSPS) is 15.2. The largest absolute Gasteiger partial charge is 0.393 e. The Balaban J connectivity index is 3.71. The molecule has 0 rings (SSSR count). The maximum Gasteiger partial charge on any atom is 0.0552 e. The first-order chi connectivity index (χ1) is 4.20. The SMILES string of the molecule is C=CC(=CC)CC(C)O. The fraction of sp³-hybridized carbons (Fsp3) is 0.500. The Morgan fingerprint density at radius 2 is 2.33 bits per heavy atom. The second-order valence-electron chi connectivity index (χ2n) is 2.12. The van der Waals surface area contributed by atoms with Gasteiger partial charge in [-0.2, -0.15) is 0 Å². The van der Waals surface area contributed by atoms with Gasteiger partial charge in [-0.1, -0.05) is 24.3 Å². The molecule has 0 aliphatic heterocycles. The molecule has 1 atom stereocenters. The van der Waals surface area contributed by atoms with Crippen LogP contribution in [0.2, 0.25) is 0 Å². The zero-order valence-corrected chi connectivity index (χ0v) is 6.09. The zero-order chi connectivity index (χ0) is 7.28. The van der Waals surface area contributed by atoms with E-state index >= 15 is 0 Å². The molecule has 0 bridgehead atoms. The van der Waals surface area contributed by atoms with Gasteiger partial charge in [0, 0.05) is 0 Å². The molecule has 0 heterocycles. The van der Waals surface area contributed by atoms with E-state index < -0.39 is 0 Å². The van der Waals surface area contributed by atoms with E-state index in [0.717, 1.165) is 5.57 Å². The third kappa shape index (κ3) is 3.98. The average molecular weight is 126 g/mol. The van der Waals surface area contributed by atoms with Crippen LogP contribution in [0.15, 0.2) is 24.3 Å². The lowest BCUT2D eigenvalue weighted by atomic mass is 10.1. The van der Waals surface area contributed by atoms with Crippen LogP contribution in [0.5, 0.6) is 0 Å². The summed E-state index contributed by atoms with van der Waals surface area (Å²) in [6.45, 7) is 7.32. The molecule has 0 aromatic heterocycles. The maximum absolute atomic E-state index is 8.90. The van der Waals surface area contributed by atoms with Crippen LogP contribution in [-0.4, -0.2) is 11.2 Å². The van der Waals surface area contributed by atoms with Gasteiger partial charge < -0.3 is 5.11 Å². The minimum atomic E-state index is -0.255. The van der Waals surface area contributed by atoms with Crippen LogP contribution in [0.1, 0.15) is 20.3 Å². The van der Waals surface area contributed by atoms with Crippen LogP contribution in [0, 0.1) is 0 Å². The molecule has 0 saturated heterocycles. The predicted molar refractivity (Wildman–Crippen MR) is 40.3 cm³/mol. The van der Waals surface area contributed by atoms with Gasteiger partial charge in [-0.3, -0.25) is 0 Å². The van der Waals surface area contributed by atoms with Crippen LogP contribution in [-0.2, 0) is 0 Å². The van der Waals surface area contributed by atoms with Gasteiger partial charge in [-0.05, 0) is 20.3 Å². The molecule has 1 heteroatoms. The Morgan fingerprint density at radius 1 is 1.78 bits per heavy atom. The molecule has 52 valence electrons. The van der Waals surface area contributed by atoms with Gasteiger partial charge in [-0.25, -0.2) is 0 Å². The van der Waals surface area contributed by atoms with Crippen molar-refractivity contribution in [1.82, 2.24) is 0 Å². The minimum absolute atomic E-state index is 0.255. The average Bonchev–Trinajstić information content (AvgIpc) is 1.82. The molecule has 0 fully saturated rings. The second kappa shape index (κ2) is 4.33. The Bertz CT molecular complexity index is 112. The summed E-state index contributed by atoms with van der Waals surface area (Å²) in [6, 6.07) is 0. The fourth-order valence-corrected chi connectivity index (χ4v) is 0.660. The molecule has 0 saturated carbocycles. The van der Waals surface area contributed by atoms with Gasteiger partial charge >= 0.3 is 0 Å². The van der Waals surface area contributed by atoms with Crippen molar-refractivity contribution < 1.29 is 5.11 Å². The molecule has 0 aromatic carbocycles. The Morgan fingerprint density at radius 3 is 2.44 bits per heavy atom. The van der Waals surface area contributed by atoms with E-state index in [1.165, 1.54) is 0 Å². The van der Waals surface area contributed by atoms with Crippen molar-refractivity contribution in [1.29, 1.82) is 0 Å². The molecule has 0 aliphatic carbocycles. The zero-order valence-electron chi connectivity index (χ0n) is 6.09. The monoisotopic (exact) mass is 126 g/mol. The quantitative estimate of drug-likeness (QED) is 0.572. The Hall–Kier alpha value is -0.560. The van der Waals surface area contributed by atoms with Gasteiger partial charge in [0.15, 0.2) is 0 Å². The van der Waals surface area contributed by atoms with Crippen molar-refractivity contribution in [3.05, 3.63) is 24.3 Å². The van der Waals surface area contributed by atoms with Gasteiger partial charge in [0.25, 0.3) is 0 Å². The summed E-state index contributed by atoms with van der Waals surface area (Å²) in [4.78, 5) is 0. The van der Waals surface area contributed by atoms with Crippen molar-refractivity contribution in [2.75, 3.05) is 0 Å². The topological polar surface area (TPSA) is 20.2 Å². The van der Waals surface area contributed by atoms with E-state index in [1.54, 1.807) is 13.0 Å². The number of rotatable bonds is 3. The molecule has 1 unspecified atom stereocenters. The van der Waals surface area contributed by atoms with Gasteiger partial charge in [0.1, 0.15) is 0 Å². The fourth-order valence-electron chi connectivity index (χ4n) is 0.660. The van der Waals surface area contributed by atoms with Gasteiger partial charge in [-0.15, -0.1) is 0 Å². The summed E-state index contributed by atoms with van der Waals surface area (Å²) >= 11 is 0. The molecule has 0 aromatic rings. The number of aliphatic hydroxyl groups excluding tert-OH is 1. The van der Waals surface area contributed by atoms with Crippen LogP contribution < -0.4 is 0 Å². The summed E-state index contributed by atoms with van der Waals surface area (Å²) in [6.07, 6.45) is 4.18. The smallest absolute Gasteiger partial charge is 0.0552 e. The van der Waals surface area contributed by atoms with E-state index in [2.05, 4.69) is 6.58 Å². The van der Waals surface area contributed by atoms with Gasteiger partial charge in [0.05, 0.1) is 6.10 Å². The highest BCUT2D eigenvalue weighted by atomic mass is 16.3. The number of aliphatic hydroxyl groups is 1. The predicted octanol–water partition coefficient (Wildman–Crippen LogP) is 1.89. The second-order valence-corrected chi connectivity index (χ2v) is 2.12. The van der Waals surface area contributed by atoms with Gasteiger partial charge in [0.2, 0.25) is 0 Å². The molecular formula is C8H14O. The van der Waals surface area contributed by atoms with Crippen LogP contribution >= 0.6 is 0 Å². The Labute approximate surface area is 56.7 Å². The maximum atomic E-state index is 8.90. The van der Waals surface area contributed by atoms with E-state index in [1.807, 2.05) is 13.0 Å². The van der Waals surface area contributed by atoms with E-state index in [0.29, 0.717) is 6.42 Å². The minimum Gasteiger partial charge on any atom is -0.393 e.